The second-order valence-corrected chi connectivity index (χ2v) is 7.06. The molecule has 0 aliphatic carbocycles. The van der Waals surface area contributed by atoms with Gasteiger partial charge < -0.3 is 15.0 Å². The molecule has 0 aromatic heterocycles. The molecule has 148 valence electrons. The molecule has 0 unspecified atom stereocenters. The lowest BCUT2D eigenvalue weighted by Gasteiger charge is -2.35. The third kappa shape index (κ3) is 5.57. The largest absolute Gasteiger partial charge is 0.481 e. The minimum atomic E-state index is -0.576. The van der Waals surface area contributed by atoms with Gasteiger partial charge in [0.25, 0.3) is 5.91 Å². The van der Waals surface area contributed by atoms with E-state index >= 15 is 0 Å². The summed E-state index contributed by atoms with van der Waals surface area (Å²) in [6.07, 6.45) is -0.576. The Bertz CT molecular complexity index is 802. The number of amides is 2. The summed E-state index contributed by atoms with van der Waals surface area (Å²) in [7, 11) is 0. The van der Waals surface area contributed by atoms with Crippen LogP contribution in [-0.2, 0) is 16.1 Å². The Kier molecular flexibility index (Phi) is 6.66. The molecular formula is C22H27N3O3. The normalized spacial score (nSPS) is 15.7. The van der Waals surface area contributed by atoms with Gasteiger partial charge in [-0.15, -0.1) is 0 Å². The van der Waals surface area contributed by atoms with E-state index in [1.165, 1.54) is 12.5 Å². The number of rotatable bonds is 6. The first-order chi connectivity index (χ1) is 13.5. The van der Waals surface area contributed by atoms with Gasteiger partial charge in [-0.05, 0) is 24.6 Å². The number of carbonyl (C=O) groups excluding carboxylic acids is 2. The summed E-state index contributed by atoms with van der Waals surface area (Å²) in [4.78, 5) is 28.2. The predicted molar refractivity (Wildman–Crippen MR) is 109 cm³/mol. The lowest BCUT2D eigenvalue weighted by Crippen LogP contribution is -2.51. The van der Waals surface area contributed by atoms with E-state index in [1.54, 1.807) is 31.2 Å². The van der Waals surface area contributed by atoms with E-state index in [0.29, 0.717) is 24.5 Å². The molecule has 1 atom stereocenters. The number of piperazine rings is 1. The van der Waals surface area contributed by atoms with Gasteiger partial charge in [-0.2, -0.15) is 0 Å². The average Bonchev–Trinajstić information content (AvgIpc) is 2.68. The molecule has 0 radical (unpaired) electrons. The Hall–Kier alpha value is -2.86. The highest BCUT2D eigenvalue weighted by Gasteiger charge is 2.26. The van der Waals surface area contributed by atoms with Crippen LogP contribution < -0.4 is 10.1 Å². The van der Waals surface area contributed by atoms with Crippen molar-refractivity contribution in [3.63, 3.8) is 0 Å². The van der Waals surface area contributed by atoms with Gasteiger partial charge in [0.05, 0.1) is 0 Å². The van der Waals surface area contributed by atoms with Crippen LogP contribution in [0.4, 0.5) is 5.69 Å². The van der Waals surface area contributed by atoms with Crippen LogP contribution in [-0.4, -0.2) is 53.9 Å². The third-order valence-corrected chi connectivity index (χ3v) is 4.75. The van der Waals surface area contributed by atoms with Crippen molar-refractivity contribution in [3.8, 4) is 5.75 Å². The molecule has 3 rings (SSSR count). The topological polar surface area (TPSA) is 61.9 Å². The van der Waals surface area contributed by atoms with Gasteiger partial charge in [-0.25, -0.2) is 0 Å². The molecule has 1 aliphatic rings. The molecule has 2 amide bonds. The van der Waals surface area contributed by atoms with E-state index in [-0.39, 0.29) is 11.8 Å². The van der Waals surface area contributed by atoms with Crippen molar-refractivity contribution in [2.75, 3.05) is 31.5 Å². The number of anilines is 1. The molecule has 0 bridgehead atoms. The summed E-state index contributed by atoms with van der Waals surface area (Å²) in [5.74, 6) is 0.411. The number of carbonyl (C=O) groups is 2. The summed E-state index contributed by atoms with van der Waals surface area (Å²) in [5, 5.41) is 2.72. The van der Waals surface area contributed by atoms with Crippen molar-refractivity contribution in [2.45, 2.75) is 26.5 Å². The maximum absolute atomic E-state index is 12.7. The molecule has 2 aromatic carbocycles. The van der Waals surface area contributed by atoms with Crippen LogP contribution in [0.5, 0.6) is 5.75 Å². The molecule has 28 heavy (non-hydrogen) atoms. The fourth-order valence-corrected chi connectivity index (χ4v) is 3.33. The van der Waals surface area contributed by atoms with Gasteiger partial charge in [0, 0.05) is 51.4 Å². The van der Waals surface area contributed by atoms with Crippen molar-refractivity contribution < 1.29 is 14.3 Å². The van der Waals surface area contributed by atoms with Crippen LogP contribution >= 0.6 is 0 Å². The molecule has 6 heteroatoms. The summed E-state index contributed by atoms with van der Waals surface area (Å²) in [5.41, 5.74) is 1.94. The predicted octanol–water partition coefficient (Wildman–Crippen LogP) is 2.76. The Balaban J connectivity index is 1.50. The smallest absolute Gasteiger partial charge is 0.263 e. The molecule has 1 heterocycles. The minimum Gasteiger partial charge on any atom is -0.481 e. The first-order valence-corrected chi connectivity index (χ1v) is 9.60. The molecule has 2 aromatic rings. The van der Waals surface area contributed by atoms with Gasteiger partial charge >= 0.3 is 0 Å². The van der Waals surface area contributed by atoms with Crippen LogP contribution in [0.3, 0.4) is 0 Å². The fraction of sp³-hybridized carbons (Fsp3) is 0.364. The van der Waals surface area contributed by atoms with E-state index in [1.807, 2.05) is 11.0 Å². The first-order valence-electron chi connectivity index (χ1n) is 9.60. The monoisotopic (exact) mass is 381 g/mol. The Morgan fingerprint density at radius 1 is 1.04 bits per heavy atom. The second kappa shape index (κ2) is 9.37. The van der Waals surface area contributed by atoms with E-state index < -0.39 is 6.10 Å². The molecule has 1 fully saturated rings. The Morgan fingerprint density at radius 3 is 2.43 bits per heavy atom. The first kappa shape index (κ1) is 19.9. The summed E-state index contributed by atoms with van der Waals surface area (Å²) < 4.78 is 5.82. The summed E-state index contributed by atoms with van der Waals surface area (Å²) in [6.45, 7) is 7.24. The quantitative estimate of drug-likeness (QED) is 0.836. The van der Waals surface area contributed by atoms with Crippen LogP contribution in [0.25, 0.3) is 0 Å². The van der Waals surface area contributed by atoms with Gasteiger partial charge in [0.15, 0.2) is 6.10 Å². The molecule has 1 aliphatic heterocycles. The average molecular weight is 381 g/mol. The molecular weight excluding hydrogens is 354 g/mol. The molecule has 6 nitrogen and oxygen atoms in total. The van der Waals surface area contributed by atoms with E-state index in [9.17, 15) is 9.59 Å². The SMILES string of the molecule is CC(=O)Nc1cccc(O[C@@H](C)C(=O)N2CCN(Cc3ccccc3)CC2)c1. The maximum Gasteiger partial charge on any atom is 0.263 e. The fourth-order valence-electron chi connectivity index (χ4n) is 3.33. The molecule has 1 N–H and O–H groups in total. The molecule has 0 saturated carbocycles. The number of benzene rings is 2. The Morgan fingerprint density at radius 2 is 1.75 bits per heavy atom. The third-order valence-electron chi connectivity index (χ3n) is 4.75. The number of nitrogens with one attached hydrogen (secondary N) is 1. The van der Waals surface area contributed by atoms with Crippen molar-refractivity contribution >= 4 is 17.5 Å². The standard InChI is InChI=1S/C22H27N3O3/c1-17(28-21-10-6-9-20(15-21)23-18(2)26)22(27)25-13-11-24(12-14-25)16-19-7-4-3-5-8-19/h3-10,15,17H,11-14,16H2,1-2H3,(H,23,26)/t17-/m0/s1. The Labute approximate surface area is 166 Å². The summed E-state index contributed by atoms with van der Waals surface area (Å²) in [6, 6.07) is 17.5. The molecule has 0 spiro atoms. The minimum absolute atomic E-state index is 0.00992. The lowest BCUT2D eigenvalue weighted by molar-refractivity contribution is -0.139. The zero-order valence-electron chi connectivity index (χ0n) is 16.4. The van der Waals surface area contributed by atoms with E-state index in [0.717, 1.165) is 19.6 Å². The number of nitrogens with zero attached hydrogens (tertiary/aromatic N) is 2. The molecule has 1 saturated heterocycles. The van der Waals surface area contributed by atoms with Crippen LogP contribution in [0.15, 0.2) is 54.6 Å². The summed E-state index contributed by atoms with van der Waals surface area (Å²) >= 11 is 0. The number of hydrogen-bond acceptors (Lipinski definition) is 4. The second-order valence-electron chi connectivity index (χ2n) is 7.06. The highest BCUT2D eigenvalue weighted by Crippen LogP contribution is 2.19. The van der Waals surface area contributed by atoms with Crippen molar-refractivity contribution in [2.24, 2.45) is 0 Å². The van der Waals surface area contributed by atoms with Crippen molar-refractivity contribution in [1.29, 1.82) is 0 Å². The van der Waals surface area contributed by atoms with E-state index in [4.69, 9.17) is 4.74 Å². The van der Waals surface area contributed by atoms with Gasteiger partial charge in [-0.3, -0.25) is 14.5 Å². The zero-order valence-corrected chi connectivity index (χ0v) is 16.4. The van der Waals surface area contributed by atoms with Crippen LogP contribution in [0.2, 0.25) is 0 Å². The number of hydrogen-bond donors (Lipinski definition) is 1. The van der Waals surface area contributed by atoms with Gasteiger partial charge in [-0.1, -0.05) is 36.4 Å². The van der Waals surface area contributed by atoms with Crippen molar-refractivity contribution in [3.05, 3.63) is 60.2 Å². The zero-order chi connectivity index (χ0) is 19.9. The highest BCUT2D eigenvalue weighted by atomic mass is 16.5. The number of ether oxygens (including phenoxy) is 1. The highest BCUT2D eigenvalue weighted by molar-refractivity contribution is 5.88. The van der Waals surface area contributed by atoms with Gasteiger partial charge in [0.1, 0.15) is 5.75 Å². The van der Waals surface area contributed by atoms with Crippen LogP contribution in [0, 0.1) is 0 Å². The van der Waals surface area contributed by atoms with Gasteiger partial charge in [0.2, 0.25) is 5.91 Å². The lowest BCUT2D eigenvalue weighted by atomic mass is 10.2. The maximum atomic E-state index is 12.7. The van der Waals surface area contributed by atoms with E-state index in [2.05, 4.69) is 34.5 Å². The van der Waals surface area contributed by atoms with Crippen molar-refractivity contribution in [1.82, 2.24) is 9.80 Å². The van der Waals surface area contributed by atoms with Crippen LogP contribution in [0.1, 0.15) is 19.4 Å².